The lowest BCUT2D eigenvalue weighted by Gasteiger charge is -2.09. The normalized spacial score (nSPS) is 20.9. The van der Waals surface area contributed by atoms with E-state index in [1.807, 2.05) is 13.0 Å². The van der Waals surface area contributed by atoms with Crippen LogP contribution in [0.2, 0.25) is 0 Å². The molecule has 17 heavy (non-hydrogen) atoms. The summed E-state index contributed by atoms with van der Waals surface area (Å²) in [6, 6.07) is 3.58. The molecule has 1 fully saturated rings. The van der Waals surface area contributed by atoms with E-state index >= 15 is 0 Å². The van der Waals surface area contributed by atoms with Gasteiger partial charge in [0.25, 0.3) is 0 Å². The van der Waals surface area contributed by atoms with Crippen molar-refractivity contribution in [2.45, 2.75) is 24.0 Å². The van der Waals surface area contributed by atoms with Crippen molar-refractivity contribution in [1.29, 1.82) is 0 Å². The number of sulfonamides is 1. The van der Waals surface area contributed by atoms with Crippen LogP contribution in [-0.2, 0) is 16.4 Å². The van der Waals surface area contributed by atoms with E-state index < -0.39 is 10.0 Å². The van der Waals surface area contributed by atoms with Gasteiger partial charge in [-0.1, -0.05) is 6.92 Å². The molecule has 0 spiro atoms. The number of hydrogen-bond acceptors (Lipinski definition) is 4. The maximum atomic E-state index is 12.0. The second-order valence-electron chi connectivity index (χ2n) is 4.29. The zero-order valence-corrected chi connectivity index (χ0v) is 11.5. The predicted octanol–water partition coefficient (Wildman–Crippen LogP) is 1.20. The Morgan fingerprint density at radius 3 is 2.94 bits per heavy atom. The number of thiophene rings is 1. The Labute approximate surface area is 106 Å². The van der Waals surface area contributed by atoms with Crippen molar-refractivity contribution >= 4 is 21.4 Å². The van der Waals surface area contributed by atoms with Crippen molar-refractivity contribution in [3.63, 3.8) is 0 Å². The molecule has 6 heteroatoms. The van der Waals surface area contributed by atoms with Gasteiger partial charge < -0.3 is 5.32 Å². The summed E-state index contributed by atoms with van der Waals surface area (Å²) in [6.45, 7) is 4.47. The highest BCUT2D eigenvalue weighted by Gasteiger charge is 2.20. The summed E-state index contributed by atoms with van der Waals surface area (Å²) in [5.74, 6) is 0.426. The van der Waals surface area contributed by atoms with Crippen LogP contribution in [0, 0.1) is 5.92 Å². The molecule has 0 amide bonds. The van der Waals surface area contributed by atoms with Gasteiger partial charge in [-0.15, -0.1) is 11.3 Å². The Bertz CT molecular complexity index is 462. The number of rotatable bonds is 5. The number of aryl methyl sites for hydroxylation is 1. The minimum atomic E-state index is -3.30. The third kappa shape index (κ3) is 3.28. The minimum absolute atomic E-state index is 0.426. The largest absolute Gasteiger partial charge is 0.316 e. The number of nitrogens with one attached hydrogen (secondary N) is 2. The van der Waals surface area contributed by atoms with E-state index in [1.165, 1.54) is 11.3 Å². The Morgan fingerprint density at radius 2 is 2.35 bits per heavy atom. The van der Waals surface area contributed by atoms with Crippen molar-refractivity contribution in [3.05, 3.63) is 17.0 Å². The Balaban J connectivity index is 1.97. The van der Waals surface area contributed by atoms with Gasteiger partial charge in [0.2, 0.25) is 10.0 Å². The molecule has 2 heterocycles. The average Bonchev–Trinajstić information content (AvgIpc) is 2.98. The quantitative estimate of drug-likeness (QED) is 0.848. The number of hydrogen-bond donors (Lipinski definition) is 2. The first-order valence-electron chi connectivity index (χ1n) is 5.91. The van der Waals surface area contributed by atoms with Crippen LogP contribution >= 0.6 is 11.3 Å². The SMILES string of the molecule is CCc1ccc(S(=O)(=O)NCC2CCNC2)s1. The molecule has 0 aliphatic carbocycles. The smallest absolute Gasteiger partial charge is 0.250 e. The highest BCUT2D eigenvalue weighted by Crippen LogP contribution is 2.22. The van der Waals surface area contributed by atoms with E-state index in [9.17, 15) is 8.42 Å². The molecule has 1 aromatic heterocycles. The second kappa shape index (κ2) is 5.48. The van der Waals surface area contributed by atoms with Crippen molar-refractivity contribution in [2.75, 3.05) is 19.6 Å². The van der Waals surface area contributed by atoms with E-state index in [-0.39, 0.29) is 0 Å². The Morgan fingerprint density at radius 1 is 1.53 bits per heavy atom. The molecule has 0 bridgehead atoms. The van der Waals surface area contributed by atoms with Gasteiger partial charge in [0.15, 0.2) is 0 Å². The first kappa shape index (κ1) is 13.0. The molecular weight excluding hydrogens is 256 g/mol. The summed E-state index contributed by atoms with van der Waals surface area (Å²) in [7, 11) is -3.30. The summed E-state index contributed by atoms with van der Waals surface area (Å²) in [5.41, 5.74) is 0. The van der Waals surface area contributed by atoms with Crippen LogP contribution in [0.1, 0.15) is 18.2 Å². The topological polar surface area (TPSA) is 58.2 Å². The van der Waals surface area contributed by atoms with Crippen LogP contribution in [0.4, 0.5) is 0 Å². The van der Waals surface area contributed by atoms with Gasteiger partial charge in [-0.25, -0.2) is 13.1 Å². The molecule has 1 aliphatic heterocycles. The monoisotopic (exact) mass is 274 g/mol. The summed E-state index contributed by atoms with van der Waals surface area (Å²) >= 11 is 1.36. The molecule has 0 saturated carbocycles. The first-order valence-corrected chi connectivity index (χ1v) is 8.21. The molecule has 2 rings (SSSR count). The zero-order chi connectivity index (χ0) is 12.3. The van der Waals surface area contributed by atoms with Gasteiger partial charge in [0.05, 0.1) is 0 Å². The lowest BCUT2D eigenvalue weighted by Crippen LogP contribution is -2.29. The van der Waals surface area contributed by atoms with Crippen molar-refractivity contribution in [2.24, 2.45) is 5.92 Å². The van der Waals surface area contributed by atoms with Crippen LogP contribution in [0.5, 0.6) is 0 Å². The molecule has 1 saturated heterocycles. The highest BCUT2D eigenvalue weighted by molar-refractivity contribution is 7.91. The lowest BCUT2D eigenvalue weighted by atomic mass is 10.1. The van der Waals surface area contributed by atoms with Crippen molar-refractivity contribution in [1.82, 2.24) is 10.0 Å². The fraction of sp³-hybridized carbons (Fsp3) is 0.636. The molecule has 1 atom stereocenters. The van der Waals surface area contributed by atoms with E-state index in [0.717, 1.165) is 30.8 Å². The molecule has 0 radical (unpaired) electrons. The average molecular weight is 274 g/mol. The molecule has 1 aromatic rings. The summed E-state index contributed by atoms with van der Waals surface area (Å²) in [5, 5.41) is 3.23. The van der Waals surface area contributed by atoms with Gasteiger partial charge in [0, 0.05) is 11.4 Å². The third-order valence-electron chi connectivity index (χ3n) is 2.97. The van der Waals surface area contributed by atoms with Gasteiger partial charge in [-0.3, -0.25) is 0 Å². The maximum absolute atomic E-state index is 12.0. The van der Waals surface area contributed by atoms with Crippen LogP contribution < -0.4 is 10.0 Å². The first-order chi connectivity index (χ1) is 8.12. The highest BCUT2D eigenvalue weighted by atomic mass is 32.2. The predicted molar refractivity (Wildman–Crippen MR) is 69.9 cm³/mol. The molecule has 96 valence electrons. The second-order valence-corrected chi connectivity index (χ2v) is 7.45. The molecule has 2 N–H and O–H groups in total. The molecule has 4 nitrogen and oxygen atoms in total. The Hall–Kier alpha value is -0.430. The fourth-order valence-electron chi connectivity index (χ4n) is 1.88. The molecule has 1 aliphatic rings. The van der Waals surface area contributed by atoms with E-state index in [2.05, 4.69) is 10.0 Å². The molecule has 1 unspecified atom stereocenters. The fourth-order valence-corrected chi connectivity index (χ4v) is 4.34. The zero-order valence-electron chi connectivity index (χ0n) is 9.90. The van der Waals surface area contributed by atoms with Gasteiger partial charge in [-0.05, 0) is 44.0 Å². The third-order valence-corrected chi connectivity index (χ3v) is 6.12. The van der Waals surface area contributed by atoms with E-state index in [4.69, 9.17) is 0 Å². The van der Waals surface area contributed by atoms with Gasteiger partial charge >= 0.3 is 0 Å². The van der Waals surface area contributed by atoms with E-state index in [0.29, 0.717) is 16.7 Å². The van der Waals surface area contributed by atoms with Gasteiger partial charge in [0.1, 0.15) is 4.21 Å². The molecular formula is C11H18N2O2S2. The summed E-state index contributed by atoms with van der Waals surface area (Å²) in [6.07, 6.45) is 1.93. The van der Waals surface area contributed by atoms with Crippen LogP contribution in [-0.4, -0.2) is 28.1 Å². The maximum Gasteiger partial charge on any atom is 0.250 e. The van der Waals surface area contributed by atoms with Crippen LogP contribution in [0.15, 0.2) is 16.3 Å². The van der Waals surface area contributed by atoms with Crippen LogP contribution in [0.25, 0.3) is 0 Å². The van der Waals surface area contributed by atoms with E-state index in [1.54, 1.807) is 6.07 Å². The lowest BCUT2D eigenvalue weighted by molar-refractivity contribution is 0.540. The standard InChI is InChI=1S/C11H18N2O2S2/c1-2-10-3-4-11(16-10)17(14,15)13-8-9-5-6-12-7-9/h3-4,9,12-13H,2,5-8H2,1H3. The Kier molecular flexibility index (Phi) is 4.19. The van der Waals surface area contributed by atoms with Gasteiger partial charge in [-0.2, -0.15) is 0 Å². The summed E-state index contributed by atoms with van der Waals surface area (Å²) in [4.78, 5) is 1.10. The van der Waals surface area contributed by atoms with Crippen molar-refractivity contribution in [3.8, 4) is 0 Å². The molecule has 0 aromatic carbocycles. The van der Waals surface area contributed by atoms with Crippen molar-refractivity contribution < 1.29 is 8.42 Å². The minimum Gasteiger partial charge on any atom is -0.316 e. The van der Waals surface area contributed by atoms with Crippen LogP contribution in [0.3, 0.4) is 0 Å². The summed E-state index contributed by atoms with van der Waals surface area (Å²) < 4.78 is 27.1.